The number of hydrogen-bond acceptors (Lipinski definition) is 6. The van der Waals surface area contributed by atoms with E-state index in [0.29, 0.717) is 31.8 Å². The molecule has 1 N–H and O–H groups in total. The molecular formula is C23H21F3N6O3. The van der Waals surface area contributed by atoms with Crippen LogP contribution in [0.4, 0.5) is 13.2 Å². The average molecular weight is 486 g/mol. The molecule has 12 heteroatoms. The standard InChI is InChI=1S/C23H21F3N6O3/c1-12-16(21-29-28-20(35-21)15-8-10-31(11-9-15)13(2)33)22(34)32-19(27-12)17(14-6-4-3-5-7-14)18(30-32)23(24,25)26/h3-7,15,30H,8-11H2,1-2H3. The molecule has 1 aromatic carbocycles. The molecule has 9 nitrogen and oxygen atoms in total. The van der Waals surface area contributed by atoms with Gasteiger partial charge in [-0.3, -0.25) is 14.7 Å². The van der Waals surface area contributed by atoms with Crippen molar-refractivity contribution in [2.45, 2.75) is 38.8 Å². The van der Waals surface area contributed by atoms with Crippen LogP contribution < -0.4 is 5.56 Å². The number of alkyl halides is 3. The van der Waals surface area contributed by atoms with Gasteiger partial charge in [0.1, 0.15) is 11.3 Å². The van der Waals surface area contributed by atoms with Crippen LogP contribution in [0.25, 0.3) is 28.2 Å². The number of likely N-dealkylation sites (tertiary alicyclic amines) is 1. The van der Waals surface area contributed by atoms with Gasteiger partial charge in [0.05, 0.1) is 11.3 Å². The molecule has 1 aliphatic rings. The van der Waals surface area contributed by atoms with Crippen molar-refractivity contribution in [3.63, 3.8) is 0 Å². The van der Waals surface area contributed by atoms with Crippen molar-refractivity contribution in [3.8, 4) is 22.6 Å². The third kappa shape index (κ3) is 3.98. The molecule has 0 aliphatic carbocycles. The van der Waals surface area contributed by atoms with E-state index in [4.69, 9.17) is 4.42 Å². The lowest BCUT2D eigenvalue weighted by Gasteiger charge is -2.29. The molecule has 4 aromatic rings. The van der Waals surface area contributed by atoms with Gasteiger partial charge in [-0.15, -0.1) is 10.2 Å². The fraction of sp³-hybridized carbons (Fsp3) is 0.348. The van der Waals surface area contributed by atoms with E-state index in [1.165, 1.54) is 26.0 Å². The molecule has 0 atom stereocenters. The third-order valence-electron chi connectivity index (χ3n) is 6.25. The number of aromatic nitrogens is 5. The Morgan fingerprint density at radius 3 is 2.43 bits per heavy atom. The Hall–Kier alpha value is -3.96. The van der Waals surface area contributed by atoms with Crippen LogP contribution in [0.3, 0.4) is 0 Å². The number of benzene rings is 1. The Balaban J connectivity index is 1.59. The number of hydrogen-bond donors (Lipinski definition) is 1. The maximum Gasteiger partial charge on any atom is 0.433 e. The largest absolute Gasteiger partial charge is 0.433 e. The van der Waals surface area contributed by atoms with Crippen molar-refractivity contribution in [1.29, 1.82) is 0 Å². The summed E-state index contributed by atoms with van der Waals surface area (Å²) in [6.07, 6.45) is -3.49. The second-order valence-corrected chi connectivity index (χ2v) is 8.49. The van der Waals surface area contributed by atoms with Crippen LogP contribution in [0.15, 0.2) is 39.5 Å². The summed E-state index contributed by atoms with van der Waals surface area (Å²) in [6, 6.07) is 7.95. The van der Waals surface area contributed by atoms with Crippen molar-refractivity contribution < 1.29 is 22.4 Å². The number of carbonyl (C=O) groups excluding carboxylic acids is 1. The molecule has 0 saturated carbocycles. The molecule has 0 spiro atoms. The smallest absolute Gasteiger partial charge is 0.420 e. The first-order valence-electron chi connectivity index (χ1n) is 11.0. The number of halogens is 3. The summed E-state index contributed by atoms with van der Waals surface area (Å²) in [5, 5.41) is 10.2. The minimum Gasteiger partial charge on any atom is -0.420 e. The number of aromatic amines is 1. The lowest BCUT2D eigenvalue weighted by atomic mass is 9.97. The molecule has 1 fully saturated rings. The van der Waals surface area contributed by atoms with E-state index in [1.807, 2.05) is 0 Å². The van der Waals surface area contributed by atoms with Gasteiger partial charge in [0.25, 0.3) is 11.4 Å². The van der Waals surface area contributed by atoms with Crippen LogP contribution in [0, 0.1) is 6.92 Å². The first kappa shape index (κ1) is 22.8. The summed E-state index contributed by atoms with van der Waals surface area (Å²) in [4.78, 5) is 30.9. The Labute approximate surface area is 196 Å². The number of piperidine rings is 1. The molecular weight excluding hydrogens is 465 g/mol. The molecule has 5 rings (SSSR count). The van der Waals surface area contributed by atoms with Gasteiger partial charge in [-0.25, -0.2) is 4.98 Å². The molecule has 0 bridgehead atoms. The van der Waals surface area contributed by atoms with E-state index in [1.54, 1.807) is 23.1 Å². The first-order valence-corrected chi connectivity index (χ1v) is 11.0. The van der Waals surface area contributed by atoms with Gasteiger partial charge in [-0.1, -0.05) is 30.3 Å². The molecule has 1 saturated heterocycles. The second kappa shape index (κ2) is 8.36. The van der Waals surface area contributed by atoms with Gasteiger partial charge in [0.2, 0.25) is 11.8 Å². The van der Waals surface area contributed by atoms with Crippen LogP contribution in [0.2, 0.25) is 0 Å². The summed E-state index contributed by atoms with van der Waals surface area (Å²) in [7, 11) is 0. The van der Waals surface area contributed by atoms with E-state index in [0.717, 1.165) is 4.52 Å². The number of H-pyrrole nitrogens is 1. The molecule has 4 heterocycles. The number of nitrogens with one attached hydrogen (secondary N) is 1. The Bertz CT molecular complexity index is 1460. The maximum absolute atomic E-state index is 13.9. The van der Waals surface area contributed by atoms with Crippen molar-refractivity contribution in [2.75, 3.05) is 13.1 Å². The summed E-state index contributed by atoms with van der Waals surface area (Å²) in [5.74, 6) is 0.123. The van der Waals surface area contributed by atoms with Gasteiger partial charge in [-0.05, 0) is 25.3 Å². The topological polar surface area (TPSA) is 109 Å². The van der Waals surface area contributed by atoms with Crippen LogP contribution in [0.1, 0.15) is 43.0 Å². The van der Waals surface area contributed by atoms with Crippen molar-refractivity contribution in [1.82, 2.24) is 29.7 Å². The molecule has 0 unspecified atom stereocenters. The molecule has 1 amide bonds. The molecule has 3 aromatic heterocycles. The number of rotatable bonds is 3. The van der Waals surface area contributed by atoms with E-state index in [2.05, 4.69) is 20.3 Å². The number of nitrogens with zero attached hydrogens (tertiary/aromatic N) is 5. The fourth-order valence-electron chi connectivity index (χ4n) is 4.45. The quantitative estimate of drug-likeness (QED) is 0.472. The molecule has 1 aliphatic heterocycles. The monoisotopic (exact) mass is 486 g/mol. The second-order valence-electron chi connectivity index (χ2n) is 8.49. The zero-order chi connectivity index (χ0) is 24.9. The van der Waals surface area contributed by atoms with E-state index < -0.39 is 17.4 Å². The normalized spacial score (nSPS) is 15.2. The number of fused-ring (bicyclic) bond motifs is 1. The van der Waals surface area contributed by atoms with Crippen molar-refractivity contribution in [3.05, 3.63) is 58.0 Å². The van der Waals surface area contributed by atoms with Gasteiger partial charge in [0.15, 0.2) is 5.65 Å². The van der Waals surface area contributed by atoms with Crippen LogP contribution in [-0.4, -0.2) is 48.7 Å². The van der Waals surface area contributed by atoms with Crippen molar-refractivity contribution in [2.24, 2.45) is 0 Å². The Morgan fingerprint density at radius 1 is 1.11 bits per heavy atom. The maximum atomic E-state index is 13.9. The van der Waals surface area contributed by atoms with Crippen LogP contribution >= 0.6 is 0 Å². The average Bonchev–Trinajstić information content (AvgIpc) is 3.45. The van der Waals surface area contributed by atoms with Crippen LogP contribution in [-0.2, 0) is 11.0 Å². The molecule has 0 radical (unpaired) electrons. The minimum absolute atomic E-state index is 0.00302. The number of amides is 1. The van der Waals surface area contributed by atoms with Gasteiger partial charge < -0.3 is 9.32 Å². The molecule has 35 heavy (non-hydrogen) atoms. The van der Waals surface area contributed by atoms with E-state index >= 15 is 0 Å². The SMILES string of the molecule is CC(=O)N1CCC(c2nnc(-c3c(C)nc4c(-c5ccccc5)c(C(F)(F)F)[nH]n4c3=O)o2)CC1. The van der Waals surface area contributed by atoms with Gasteiger partial charge in [0, 0.05) is 25.9 Å². The highest BCUT2D eigenvalue weighted by Crippen LogP contribution is 2.38. The predicted octanol–water partition coefficient (Wildman–Crippen LogP) is 3.79. The summed E-state index contributed by atoms with van der Waals surface area (Å²) in [5.41, 5.74) is -1.84. The fourth-order valence-corrected chi connectivity index (χ4v) is 4.45. The van der Waals surface area contributed by atoms with E-state index in [9.17, 15) is 22.8 Å². The van der Waals surface area contributed by atoms with E-state index in [-0.39, 0.29) is 45.7 Å². The Morgan fingerprint density at radius 2 is 1.80 bits per heavy atom. The summed E-state index contributed by atoms with van der Waals surface area (Å²) in [6.45, 7) is 4.13. The minimum atomic E-state index is -4.74. The predicted molar refractivity (Wildman–Crippen MR) is 119 cm³/mol. The lowest BCUT2D eigenvalue weighted by molar-refractivity contribution is -0.140. The first-order chi connectivity index (χ1) is 16.6. The highest BCUT2D eigenvalue weighted by molar-refractivity contribution is 5.81. The third-order valence-corrected chi connectivity index (χ3v) is 6.25. The molecule has 182 valence electrons. The highest BCUT2D eigenvalue weighted by atomic mass is 19.4. The highest BCUT2D eigenvalue weighted by Gasteiger charge is 2.38. The van der Waals surface area contributed by atoms with Gasteiger partial charge >= 0.3 is 6.18 Å². The van der Waals surface area contributed by atoms with Crippen LogP contribution in [0.5, 0.6) is 0 Å². The van der Waals surface area contributed by atoms with Crippen molar-refractivity contribution >= 4 is 11.6 Å². The zero-order valence-corrected chi connectivity index (χ0v) is 18.9. The lowest BCUT2D eigenvalue weighted by Crippen LogP contribution is -2.36. The number of aryl methyl sites for hydroxylation is 1. The zero-order valence-electron chi connectivity index (χ0n) is 18.9. The summed E-state index contributed by atoms with van der Waals surface area (Å²) < 4.78 is 48.2. The summed E-state index contributed by atoms with van der Waals surface area (Å²) >= 11 is 0. The Kier molecular flexibility index (Phi) is 5.45. The van der Waals surface area contributed by atoms with Gasteiger partial charge in [-0.2, -0.15) is 17.7 Å². The number of carbonyl (C=O) groups is 1.